The Kier molecular flexibility index (Phi) is 7.29. The quantitative estimate of drug-likeness (QED) is 0.588. The molecule has 5 nitrogen and oxygen atoms in total. The van der Waals surface area contributed by atoms with E-state index in [2.05, 4.69) is 0 Å². The first-order valence-corrected chi connectivity index (χ1v) is 7.18. The molecule has 1 atom stereocenters. The molecule has 0 aliphatic carbocycles. The fourth-order valence-electron chi connectivity index (χ4n) is 1.85. The lowest BCUT2D eigenvalue weighted by molar-refractivity contribution is -0.157. The van der Waals surface area contributed by atoms with Crippen molar-refractivity contribution < 1.29 is 19.1 Å². The van der Waals surface area contributed by atoms with Crippen LogP contribution in [0.2, 0.25) is 0 Å². The summed E-state index contributed by atoms with van der Waals surface area (Å²) in [5.74, 6) is -0.628. The largest absolute Gasteiger partial charge is 0.462 e. The first-order valence-electron chi connectivity index (χ1n) is 7.18. The van der Waals surface area contributed by atoms with Crippen LogP contribution in [-0.2, 0) is 25.5 Å². The highest BCUT2D eigenvalue weighted by atomic mass is 16.6. The summed E-state index contributed by atoms with van der Waals surface area (Å²) >= 11 is 0. The van der Waals surface area contributed by atoms with Gasteiger partial charge in [0, 0.05) is 19.0 Å². The highest BCUT2D eigenvalue weighted by Crippen LogP contribution is 2.09. The van der Waals surface area contributed by atoms with Crippen LogP contribution in [-0.4, -0.2) is 24.6 Å². The maximum atomic E-state index is 11.6. The van der Waals surface area contributed by atoms with Gasteiger partial charge in [0.15, 0.2) is 0 Å². The van der Waals surface area contributed by atoms with Crippen molar-refractivity contribution in [1.29, 1.82) is 0 Å². The summed E-state index contributed by atoms with van der Waals surface area (Å²) in [4.78, 5) is 22.4. The van der Waals surface area contributed by atoms with Gasteiger partial charge in [-0.2, -0.15) is 0 Å². The Bertz CT molecular complexity index is 456. The number of rotatable bonds is 8. The predicted molar refractivity (Wildman–Crippen MR) is 80.6 cm³/mol. The van der Waals surface area contributed by atoms with Crippen molar-refractivity contribution in [1.82, 2.24) is 0 Å². The van der Waals surface area contributed by atoms with Crippen LogP contribution in [0.1, 0.15) is 38.7 Å². The minimum absolute atomic E-state index is 0.122. The summed E-state index contributed by atoms with van der Waals surface area (Å²) < 4.78 is 10.1. The Morgan fingerprint density at radius 2 is 1.90 bits per heavy atom. The SMILES string of the molecule is CCC(COC(=O)CCCc1ccc(N)cc1)OC(C)=O. The van der Waals surface area contributed by atoms with Crippen LogP contribution >= 0.6 is 0 Å². The molecule has 1 rings (SSSR count). The van der Waals surface area contributed by atoms with E-state index >= 15 is 0 Å². The number of carbonyl (C=O) groups is 2. The van der Waals surface area contributed by atoms with E-state index in [9.17, 15) is 9.59 Å². The van der Waals surface area contributed by atoms with Gasteiger partial charge in [-0.3, -0.25) is 9.59 Å². The molecule has 0 amide bonds. The lowest BCUT2D eigenvalue weighted by atomic mass is 10.1. The summed E-state index contributed by atoms with van der Waals surface area (Å²) in [5.41, 5.74) is 7.48. The Balaban J connectivity index is 2.21. The molecule has 21 heavy (non-hydrogen) atoms. The second-order valence-corrected chi connectivity index (χ2v) is 4.92. The number of ether oxygens (including phenoxy) is 2. The Morgan fingerprint density at radius 3 is 2.48 bits per heavy atom. The topological polar surface area (TPSA) is 78.6 Å². The van der Waals surface area contributed by atoms with Crippen LogP contribution in [0.15, 0.2) is 24.3 Å². The summed E-state index contributed by atoms with van der Waals surface area (Å²) in [6.45, 7) is 3.34. The highest BCUT2D eigenvalue weighted by molar-refractivity contribution is 5.69. The smallest absolute Gasteiger partial charge is 0.305 e. The number of carbonyl (C=O) groups excluding carboxylic acids is 2. The molecule has 0 aliphatic rings. The first kappa shape index (κ1) is 17.0. The van der Waals surface area contributed by atoms with E-state index in [-0.39, 0.29) is 24.6 Å². The molecule has 5 heteroatoms. The molecule has 0 saturated heterocycles. The minimum Gasteiger partial charge on any atom is -0.462 e. The third-order valence-corrected chi connectivity index (χ3v) is 3.04. The average molecular weight is 293 g/mol. The summed E-state index contributed by atoms with van der Waals surface area (Å²) in [7, 11) is 0. The van der Waals surface area contributed by atoms with Crippen LogP contribution in [0.5, 0.6) is 0 Å². The number of aryl methyl sites for hydroxylation is 1. The third kappa shape index (κ3) is 7.34. The molecule has 0 heterocycles. The number of benzene rings is 1. The lowest BCUT2D eigenvalue weighted by Gasteiger charge is -2.15. The molecule has 0 saturated carbocycles. The van der Waals surface area contributed by atoms with E-state index in [0.717, 1.165) is 17.7 Å². The lowest BCUT2D eigenvalue weighted by Crippen LogP contribution is -2.23. The van der Waals surface area contributed by atoms with Crippen LogP contribution in [0.3, 0.4) is 0 Å². The van der Waals surface area contributed by atoms with E-state index in [4.69, 9.17) is 15.2 Å². The van der Waals surface area contributed by atoms with Gasteiger partial charge >= 0.3 is 11.9 Å². The van der Waals surface area contributed by atoms with Gasteiger partial charge in [0.25, 0.3) is 0 Å². The maximum absolute atomic E-state index is 11.6. The number of nitrogens with two attached hydrogens (primary N) is 1. The Morgan fingerprint density at radius 1 is 1.24 bits per heavy atom. The van der Waals surface area contributed by atoms with Crippen molar-refractivity contribution in [2.75, 3.05) is 12.3 Å². The van der Waals surface area contributed by atoms with Crippen molar-refractivity contribution in [3.63, 3.8) is 0 Å². The van der Waals surface area contributed by atoms with Gasteiger partial charge in [0.1, 0.15) is 12.7 Å². The zero-order valence-electron chi connectivity index (χ0n) is 12.6. The van der Waals surface area contributed by atoms with E-state index in [0.29, 0.717) is 19.3 Å². The van der Waals surface area contributed by atoms with Crippen molar-refractivity contribution in [3.8, 4) is 0 Å². The van der Waals surface area contributed by atoms with Gasteiger partial charge in [-0.05, 0) is 37.0 Å². The summed E-state index contributed by atoms with van der Waals surface area (Å²) in [5, 5.41) is 0. The van der Waals surface area contributed by atoms with Gasteiger partial charge in [0.2, 0.25) is 0 Å². The van der Waals surface area contributed by atoms with Crippen molar-refractivity contribution in [2.45, 2.75) is 45.6 Å². The summed E-state index contributed by atoms with van der Waals surface area (Å²) in [6, 6.07) is 7.60. The summed E-state index contributed by atoms with van der Waals surface area (Å²) in [6.07, 6.45) is 2.13. The van der Waals surface area contributed by atoms with Gasteiger partial charge in [-0.15, -0.1) is 0 Å². The van der Waals surface area contributed by atoms with E-state index < -0.39 is 0 Å². The number of nitrogen functional groups attached to an aromatic ring is 1. The molecule has 0 bridgehead atoms. The molecular weight excluding hydrogens is 270 g/mol. The van der Waals surface area contributed by atoms with Gasteiger partial charge in [0.05, 0.1) is 0 Å². The van der Waals surface area contributed by atoms with E-state index in [1.165, 1.54) is 6.92 Å². The predicted octanol–water partition coefficient (Wildman–Crippen LogP) is 2.48. The van der Waals surface area contributed by atoms with Crippen LogP contribution in [0.25, 0.3) is 0 Å². The monoisotopic (exact) mass is 293 g/mol. The van der Waals surface area contributed by atoms with Crippen molar-refractivity contribution in [3.05, 3.63) is 29.8 Å². The van der Waals surface area contributed by atoms with Gasteiger partial charge in [-0.25, -0.2) is 0 Å². The molecule has 0 radical (unpaired) electrons. The van der Waals surface area contributed by atoms with Crippen LogP contribution < -0.4 is 5.73 Å². The fourth-order valence-corrected chi connectivity index (χ4v) is 1.85. The number of hydrogen-bond acceptors (Lipinski definition) is 5. The van der Waals surface area contributed by atoms with E-state index in [1.54, 1.807) is 0 Å². The zero-order valence-corrected chi connectivity index (χ0v) is 12.6. The van der Waals surface area contributed by atoms with Crippen LogP contribution in [0, 0.1) is 0 Å². The first-order chi connectivity index (χ1) is 10.0. The molecule has 1 aromatic carbocycles. The standard InChI is InChI=1S/C16H23NO4/c1-3-15(21-12(2)18)11-20-16(19)6-4-5-13-7-9-14(17)10-8-13/h7-10,15H,3-6,11,17H2,1-2H3. The normalized spacial score (nSPS) is 11.7. The second-order valence-electron chi connectivity index (χ2n) is 4.92. The molecule has 2 N–H and O–H groups in total. The minimum atomic E-state index is -0.360. The molecule has 0 fully saturated rings. The number of hydrogen-bond donors (Lipinski definition) is 1. The molecule has 0 spiro atoms. The van der Waals surface area contributed by atoms with E-state index in [1.807, 2.05) is 31.2 Å². The zero-order chi connectivity index (χ0) is 15.7. The molecule has 116 valence electrons. The van der Waals surface area contributed by atoms with Crippen LogP contribution in [0.4, 0.5) is 5.69 Å². The number of anilines is 1. The third-order valence-electron chi connectivity index (χ3n) is 3.04. The number of esters is 2. The molecule has 0 aromatic heterocycles. The second kappa shape index (κ2) is 9.00. The van der Waals surface area contributed by atoms with Gasteiger partial charge < -0.3 is 15.2 Å². The molecule has 0 aliphatic heterocycles. The molecule has 1 aromatic rings. The maximum Gasteiger partial charge on any atom is 0.305 e. The molecule has 1 unspecified atom stereocenters. The molecular formula is C16H23NO4. The Hall–Kier alpha value is -2.04. The fraction of sp³-hybridized carbons (Fsp3) is 0.500. The van der Waals surface area contributed by atoms with Crippen molar-refractivity contribution >= 4 is 17.6 Å². The Labute approximate surface area is 125 Å². The van der Waals surface area contributed by atoms with Gasteiger partial charge in [-0.1, -0.05) is 19.1 Å². The van der Waals surface area contributed by atoms with Crippen molar-refractivity contribution in [2.24, 2.45) is 0 Å². The average Bonchev–Trinajstić information content (AvgIpc) is 2.45. The highest BCUT2D eigenvalue weighted by Gasteiger charge is 2.12.